The van der Waals surface area contributed by atoms with Crippen LogP contribution in [0.1, 0.15) is 65.4 Å². The molecule has 0 atom stereocenters. The van der Waals surface area contributed by atoms with Gasteiger partial charge in [-0.1, -0.05) is 36.4 Å². The molecule has 1 amide bonds. The number of nitrogens with zero attached hydrogens (tertiary/aromatic N) is 3. The molecule has 2 heterocycles. The largest absolute Gasteiger partial charge is 0.504 e. The van der Waals surface area contributed by atoms with Gasteiger partial charge in [0.1, 0.15) is 19.0 Å². The van der Waals surface area contributed by atoms with E-state index in [2.05, 4.69) is 56.6 Å². The third-order valence-electron chi connectivity index (χ3n) is 7.28. The molecular weight excluding hydrogens is 536 g/mol. The number of aryl methyl sites for hydroxylation is 1. The number of carbonyl (C=O) groups is 3. The smallest absolute Gasteiger partial charge is 0.325 e. The van der Waals surface area contributed by atoms with E-state index in [1.807, 2.05) is 12.1 Å². The number of benzene rings is 2. The van der Waals surface area contributed by atoms with Crippen LogP contribution in [0.4, 0.5) is 5.69 Å². The highest BCUT2D eigenvalue weighted by molar-refractivity contribution is 5.96. The monoisotopic (exact) mass is 574 g/mol. The van der Waals surface area contributed by atoms with E-state index in [0.717, 1.165) is 37.9 Å². The average molecular weight is 575 g/mol. The van der Waals surface area contributed by atoms with Crippen molar-refractivity contribution >= 4 is 23.5 Å². The molecule has 0 bridgehead atoms. The standard InChI is InChI=1S/C32H38N4O6/c1-4-41-29(38)19-33-32(40)30-31(39)21(2)34-28(35-30)18-25-13-15-36(16-14-25)27-11-9-24(10-12-27)17-23-5-7-26(8-6-23)20-42-22(3)37/h5-12,25,39H,4,13-20H2,1-3H3,(H,33,40). The van der Waals surface area contributed by atoms with E-state index >= 15 is 0 Å². The Hall–Kier alpha value is -4.47. The molecule has 0 saturated carbocycles. The summed E-state index contributed by atoms with van der Waals surface area (Å²) in [7, 11) is 0. The van der Waals surface area contributed by atoms with Gasteiger partial charge in [0.05, 0.1) is 12.3 Å². The number of nitrogens with one attached hydrogen (secondary N) is 1. The molecule has 0 aliphatic carbocycles. The lowest BCUT2D eigenvalue weighted by atomic mass is 9.92. The number of anilines is 1. The first-order chi connectivity index (χ1) is 20.2. The fourth-order valence-corrected chi connectivity index (χ4v) is 4.97. The minimum atomic E-state index is -0.637. The van der Waals surface area contributed by atoms with Crippen molar-refractivity contribution in [2.24, 2.45) is 5.92 Å². The lowest BCUT2D eigenvalue weighted by Crippen LogP contribution is -2.34. The number of esters is 2. The zero-order chi connectivity index (χ0) is 30.1. The van der Waals surface area contributed by atoms with E-state index in [0.29, 0.717) is 30.5 Å². The molecule has 1 aromatic heterocycles. The molecule has 1 saturated heterocycles. The Labute approximate surface area is 246 Å². The van der Waals surface area contributed by atoms with E-state index in [-0.39, 0.29) is 30.6 Å². The number of aromatic nitrogens is 2. The lowest BCUT2D eigenvalue weighted by molar-refractivity contribution is -0.142. The summed E-state index contributed by atoms with van der Waals surface area (Å²) in [5, 5.41) is 12.8. The zero-order valence-electron chi connectivity index (χ0n) is 24.4. The first-order valence-electron chi connectivity index (χ1n) is 14.3. The molecule has 0 radical (unpaired) electrons. The van der Waals surface area contributed by atoms with E-state index in [9.17, 15) is 19.5 Å². The second kappa shape index (κ2) is 14.4. The fourth-order valence-electron chi connectivity index (χ4n) is 4.97. The molecule has 1 fully saturated rings. The maximum absolute atomic E-state index is 12.6. The average Bonchev–Trinajstić information content (AvgIpc) is 2.98. The van der Waals surface area contributed by atoms with Gasteiger partial charge in [0.2, 0.25) is 0 Å². The predicted octanol–water partition coefficient (Wildman–Crippen LogP) is 3.90. The lowest BCUT2D eigenvalue weighted by Gasteiger charge is -2.33. The van der Waals surface area contributed by atoms with Gasteiger partial charge in [-0.2, -0.15) is 0 Å². The van der Waals surface area contributed by atoms with E-state index in [1.54, 1.807) is 13.8 Å². The van der Waals surface area contributed by atoms with Crippen LogP contribution in [0, 0.1) is 12.8 Å². The predicted molar refractivity (Wildman–Crippen MR) is 157 cm³/mol. The molecule has 4 rings (SSSR count). The molecule has 2 N–H and O–H groups in total. The van der Waals surface area contributed by atoms with E-state index in [1.165, 1.54) is 23.7 Å². The molecule has 10 heteroatoms. The summed E-state index contributed by atoms with van der Waals surface area (Å²) in [5.41, 5.74) is 4.78. The van der Waals surface area contributed by atoms with Crippen LogP contribution < -0.4 is 10.2 Å². The number of rotatable bonds is 11. The first-order valence-corrected chi connectivity index (χ1v) is 14.3. The van der Waals surface area contributed by atoms with Gasteiger partial charge in [-0.15, -0.1) is 0 Å². The minimum Gasteiger partial charge on any atom is -0.504 e. The van der Waals surface area contributed by atoms with Crippen molar-refractivity contribution in [3.05, 3.63) is 82.4 Å². The molecule has 222 valence electrons. The Balaban J connectivity index is 1.28. The highest BCUT2D eigenvalue weighted by atomic mass is 16.5. The number of hydrogen-bond donors (Lipinski definition) is 2. The van der Waals surface area contributed by atoms with Gasteiger partial charge in [0, 0.05) is 32.1 Å². The van der Waals surface area contributed by atoms with Crippen LogP contribution in [0.2, 0.25) is 0 Å². The Morgan fingerprint density at radius 2 is 1.57 bits per heavy atom. The zero-order valence-corrected chi connectivity index (χ0v) is 24.4. The first kappa shape index (κ1) is 30.5. The van der Waals surface area contributed by atoms with Crippen molar-refractivity contribution in [1.82, 2.24) is 15.3 Å². The number of hydrogen-bond acceptors (Lipinski definition) is 9. The topological polar surface area (TPSA) is 131 Å². The molecule has 0 spiro atoms. The van der Waals surface area contributed by atoms with Crippen LogP contribution in [-0.4, -0.2) is 59.2 Å². The maximum atomic E-state index is 12.6. The van der Waals surface area contributed by atoms with Gasteiger partial charge >= 0.3 is 11.9 Å². The normalized spacial score (nSPS) is 13.5. The van der Waals surface area contributed by atoms with Gasteiger partial charge < -0.3 is 24.8 Å². The Morgan fingerprint density at radius 1 is 0.952 bits per heavy atom. The third-order valence-corrected chi connectivity index (χ3v) is 7.28. The number of carbonyl (C=O) groups excluding carboxylic acids is 3. The van der Waals surface area contributed by atoms with Crippen LogP contribution in [0.15, 0.2) is 48.5 Å². The summed E-state index contributed by atoms with van der Waals surface area (Å²) in [6, 6.07) is 16.8. The van der Waals surface area contributed by atoms with Gasteiger partial charge in [0.25, 0.3) is 5.91 Å². The summed E-state index contributed by atoms with van der Waals surface area (Å²) in [6.45, 7) is 6.75. The summed E-state index contributed by atoms with van der Waals surface area (Å²) < 4.78 is 9.88. The van der Waals surface area contributed by atoms with E-state index in [4.69, 9.17) is 9.47 Å². The summed E-state index contributed by atoms with van der Waals surface area (Å²) in [4.78, 5) is 46.3. The Morgan fingerprint density at radius 3 is 2.19 bits per heavy atom. The van der Waals surface area contributed by atoms with Crippen LogP contribution in [-0.2, 0) is 38.5 Å². The van der Waals surface area contributed by atoms with Crippen LogP contribution in [0.5, 0.6) is 5.75 Å². The minimum absolute atomic E-state index is 0.128. The molecule has 42 heavy (non-hydrogen) atoms. The molecule has 1 aliphatic heterocycles. The number of aromatic hydroxyl groups is 1. The Bertz CT molecular complexity index is 1380. The van der Waals surface area contributed by atoms with Crippen LogP contribution in [0.3, 0.4) is 0 Å². The molecule has 2 aromatic carbocycles. The van der Waals surface area contributed by atoms with Crippen molar-refractivity contribution < 1.29 is 29.0 Å². The number of piperidine rings is 1. The van der Waals surface area contributed by atoms with Crippen LogP contribution >= 0.6 is 0 Å². The SMILES string of the molecule is CCOC(=O)CNC(=O)c1nc(CC2CCN(c3ccc(Cc4ccc(COC(C)=O)cc4)cc3)CC2)nc(C)c1O. The number of amides is 1. The quantitative estimate of drug-likeness (QED) is 0.328. The van der Waals surface area contributed by atoms with Crippen molar-refractivity contribution in [2.45, 2.75) is 53.1 Å². The van der Waals surface area contributed by atoms with Crippen LogP contribution in [0.25, 0.3) is 0 Å². The molecule has 0 unspecified atom stereocenters. The highest BCUT2D eigenvalue weighted by Gasteiger charge is 2.24. The second-order valence-electron chi connectivity index (χ2n) is 10.5. The van der Waals surface area contributed by atoms with Crippen molar-refractivity contribution in [2.75, 3.05) is 31.1 Å². The van der Waals surface area contributed by atoms with Gasteiger partial charge in [0.15, 0.2) is 11.4 Å². The van der Waals surface area contributed by atoms with Crippen molar-refractivity contribution in [1.29, 1.82) is 0 Å². The second-order valence-corrected chi connectivity index (χ2v) is 10.5. The maximum Gasteiger partial charge on any atom is 0.325 e. The van der Waals surface area contributed by atoms with Crippen molar-refractivity contribution in [3.8, 4) is 5.75 Å². The van der Waals surface area contributed by atoms with Crippen molar-refractivity contribution in [3.63, 3.8) is 0 Å². The molecule has 3 aromatic rings. The molecule has 1 aliphatic rings. The Kier molecular flexibility index (Phi) is 10.5. The van der Waals surface area contributed by atoms with Gasteiger partial charge in [-0.3, -0.25) is 14.4 Å². The molecule has 10 nitrogen and oxygen atoms in total. The fraction of sp³-hybridized carbons (Fsp3) is 0.406. The van der Waals surface area contributed by atoms with Gasteiger partial charge in [-0.25, -0.2) is 9.97 Å². The van der Waals surface area contributed by atoms with E-state index < -0.39 is 11.9 Å². The summed E-state index contributed by atoms with van der Waals surface area (Å²) in [5.74, 6) is -0.898. The molecular formula is C32H38N4O6. The highest BCUT2D eigenvalue weighted by Crippen LogP contribution is 2.27. The number of ether oxygens (including phenoxy) is 2. The summed E-state index contributed by atoms with van der Waals surface area (Å²) >= 11 is 0. The third kappa shape index (κ3) is 8.52. The summed E-state index contributed by atoms with van der Waals surface area (Å²) in [6.07, 6.45) is 3.33. The van der Waals surface area contributed by atoms with Gasteiger partial charge in [-0.05, 0) is 67.9 Å².